The van der Waals surface area contributed by atoms with Gasteiger partial charge in [0.05, 0.1) is 0 Å². The van der Waals surface area contributed by atoms with Crippen molar-refractivity contribution >= 4 is 21.9 Å². The van der Waals surface area contributed by atoms with Crippen molar-refractivity contribution in [2.24, 2.45) is 46.3 Å². The molecule has 4 rings (SSSR count). The molecule has 0 saturated heterocycles. The molecule has 4 fully saturated rings. The molecule has 188 valence electrons. The molecule has 0 bridgehead atoms. The van der Waals surface area contributed by atoms with E-state index in [9.17, 15) is 18.0 Å². The van der Waals surface area contributed by atoms with Crippen molar-refractivity contribution in [3.05, 3.63) is 0 Å². The van der Waals surface area contributed by atoms with E-state index in [-0.39, 0.29) is 6.42 Å². The average molecular weight is 482 g/mol. The van der Waals surface area contributed by atoms with E-state index in [1.165, 1.54) is 64.2 Å². The quantitative estimate of drug-likeness (QED) is 0.521. The number of amides is 2. The van der Waals surface area contributed by atoms with Crippen LogP contribution < -0.4 is 5.32 Å². The van der Waals surface area contributed by atoms with Gasteiger partial charge in [-0.3, -0.25) is 19.5 Å². The summed E-state index contributed by atoms with van der Waals surface area (Å²) in [6.07, 6.45) is 14.6. The molecule has 0 aromatic carbocycles. The van der Waals surface area contributed by atoms with Gasteiger partial charge < -0.3 is 0 Å². The summed E-state index contributed by atoms with van der Waals surface area (Å²) in [5.41, 5.74) is 0.897. The van der Waals surface area contributed by atoms with Crippen LogP contribution in [0.3, 0.4) is 0 Å². The highest BCUT2D eigenvalue weighted by atomic mass is 32.2. The second-order valence-corrected chi connectivity index (χ2v) is 13.8. The third kappa shape index (κ3) is 4.91. The van der Waals surface area contributed by atoms with Crippen LogP contribution in [0.15, 0.2) is 0 Å². The van der Waals surface area contributed by atoms with Gasteiger partial charge in [0.25, 0.3) is 10.1 Å². The fourth-order valence-corrected chi connectivity index (χ4v) is 9.65. The molecule has 33 heavy (non-hydrogen) atoms. The Kier molecular flexibility index (Phi) is 7.05. The molecule has 7 heteroatoms. The minimum Gasteiger partial charge on any atom is -0.295 e. The van der Waals surface area contributed by atoms with E-state index in [4.69, 9.17) is 4.55 Å². The van der Waals surface area contributed by atoms with Crippen molar-refractivity contribution in [3.63, 3.8) is 0 Å². The van der Waals surface area contributed by atoms with Crippen molar-refractivity contribution in [1.29, 1.82) is 0 Å². The van der Waals surface area contributed by atoms with Crippen LogP contribution in [0.2, 0.25) is 0 Å². The fourth-order valence-electron chi connectivity index (χ4n) is 9.25. The summed E-state index contributed by atoms with van der Waals surface area (Å²) in [6, 6.07) is 0. The van der Waals surface area contributed by atoms with Crippen molar-refractivity contribution in [2.45, 2.75) is 97.8 Å². The SMILES string of the molecule is C[C@H](CCC(=O)NC(=O)CS(=O)(=O)O)[C@H]1CCC2C3CCC4CCCC[C@]4(C)C3CC[C@@]21C. The van der Waals surface area contributed by atoms with Crippen LogP contribution in [0.5, 0.6) is 0 Å². The Balaban J connectivity index is 1.36. The van der Waals surface area contributed by atoms with Gasteiger partial charge in [-0.05, 0) is 104 Å². The smallest absolute Gasteiger partial charge is 0.274 e. The van der Waals surface area contributed by atoms with E-state index in [0.29, 0.717) is 29.1 Å². The molecule has 2 N–H and O–H groups in total. The van der Waals surface area contributed by atoms with Gasteiger partial charge in [-0.1, -0.05) is 33.6 Å². The predicted octanol–water partition coefficient (Wildman–Crippen LogP) is 4.98. The lowest BCUT2D eigenvalue weighted by Gasteiger charge is -2.61. The van der Waals surface area contributed by atoms with Crippen LogP contribution in [0.4, 0.5) is 0 Å². The van der Waals surface area contributed by atoms with Crippen LogP contribution in [0.1, 0.15) is 97.8 Å². The minimum absolute atomic E-state index is 0.210. The Hall–Kier alpha value is -0.950. The lowest BCUT2D eigenvalue weighted by Crippen LogP contribution is -2.53. The summed E-state index contributed by atoms with van der Waals surface area (Å²) >= 11 is 0. The van der Waals surface area contributed by atoms with E-state index in [0.717, 1.165) is 23.7 Å². The van der Waals surface area contributed by atoms with Crippen LogP contribution in [0, 0.1) is 46.3 Å². The van der Waals surface area contributed by atoms with Gasteiger partial charge in [-0.25, -0.2) is 0 Å². The van der Waals surface area contributed by atoms with Gasteiger partial charge in [-0.15, -0.1) is 0 Å². The summed E-state index contributed by atoms with van der Waals surface area (Å²) in [6.45, 7) is 7.39. The van der Waals surface area contributed by atoms with Crippen molar-refractivity contribution in [3.8, 4) is 0 Å². The van der Waals surface area contributed by atoms with E-state index >= 15 is 0 Å². The van der Waals surface area contributed by atoms with Crippen molar-refractivity contribution < 1.29 is 22.6 Å². The standard InChI is InChI=1S/C26H43NO5S/c1-17(7-12-23(28)27-24(29)16-33(30,31)32)20-10-11-21-19-9-8-18-6-4-5-14-25(18,2)22(19)13-15-26(20,21)3/h17-22H,4-16H2,1-3H3,(H,27,28,29)(H,30,31,32)/t17-,18?,19?,20-,21?,22?,25+,26-/m1/s1. The zero-order valence-corrected chi connectivity index (χ0v) is 21.5. The Morgan fingerprint density at radius 2 is 1.67 bits per heavy atom. The summed E-state index contributed by atoms with van der Waals surface area (Å²) in [5, 5.41) is 2.10. The molecule has 0 aliphatic heterocycles. The molecule has 0 heterocycles. The second kappa shape index (κ2) is 9.25. The highest BCUT2D eigenvalue weighted by molar-refractivity contribution is 7.86. The Labute approximate surface area is 199 Å². The number of rotatable bonds is 6. The number of imide groups is 1. The number of hydrogen-bond acceptors (Lipinski definition) is 4. The van der Waals surface area contributed by atoms with Crippen LogP contribution in [-0.4, -0.2) is 30.5 Å². The monoisotopic (exact) mass is 481 g/mol. The molecule has 0 aromatic rings. The van der Waals surface area contributed by atoms with Crippen molar-refractivity contribution in [1.82, 2.24) is 5.32 Å². The Morgan fingerprint density at radius 1 is 0.939 bits per heavy atom. The molecule has 0 spiro atoms. The fraction of sp³-hybridized carbons (Fsp3) is 0.923. The number of carbonyl (C=O) groups excluding carboxylic acids is 2. The van der Waals surface area contributed by atoms with Gasteiger partial charge in [0.1, 0.15) is 0 Å². The third-order valence-corrected chi connectivity index (χ3v) is 11.4. The molecule has 0 radical (unpaired) electrons. The highest BCUT2D eigenvalue weighted by Crippen LogP contribution is 2.68. The lowest BCUT2D eigenvalue weighted by atomic mass is 9.44. The molecule has 0 aromatic heterocycles. The van der Waals surface area contributed by atoms with Crippen LogP contribution >= 0.6 is 0 Å². The average Bonchev–Trinajstić information content (AvgIpc) is 3.07. The Bertz CT molecular complexity index is 872. The lowest BCUT2D eigenvalue weighted by molar-refractivity contribution is -0.129. The third-order valence-electron chi connectivity index (χ3n) is 10.8. The number of hydrogen-bond donors (Lipinski definition) is 2. The van der Waals surface area contributed by atoms with Crippen molar-refractivity contribution in [2.75, 3.05) is 5.75 Å². The molecule has 4 aliphatic rings. The normalized spacial score (nSPS) is 41.4. The second-order valence-electron chi connectivity index (χ2n) is 12.3. The first kappa shape index (κ1) is 25.2. The van der Waals surface area contributed by atoms with E-state index in [1.807, 2.05) is 0 Å². The number of nitrogens with one attached hydrogen (secondary N) is 1. The molecular weight excluding hydrogens is 438 g/mol. The molecule has 8 atom stereocenters. The van der Waals surface area contributed by atoms with E-state index in [2.05, 4.69) is 26.1 Å². The first-order valence-electron chi connectivity index (χ1n) is 13.2. The molecule has 6 nitrogen and oxygen atoms in total. The van der Waals surface area contributed by atoms with Gasteiger partial charge in [0.2, 0.25) is 11.8 Å². The topological polar surface area (TPSA) is 101 Å². The summed E-state index contributed by atoms with van der Waals surface area (Å²) < 4.78 is 30.4. The summed E-state index contributed by atoms with van der Waals surface area (Å²) in [4.78, 5) is 23.8. The van der Waals surface area contributed by atoms with Gasteiger partial charge in [0.15, 0.2) is 5.75 Å². The molecule has 4 aliphatic carbocycles. The van der Waals surface area contributed by atoms with E-state index < -0.39 is 27.7 Å². The maximum Gasteiger partial charge on any atom is 0.274 e. The molecule has 2 amide bonds. The first-order valence-corrected chi connectivity index (χ1v) is 14.8. The maximum atomic E-state index is 12.2. The molecule has 4 saturated carbocycles. The van der Waals surface area contributed by atoms with Crippen LogP contribution in [0.25, 0.3) is 0 Å². The predicted molar refractivity (Wildman–Crippen MR) is 128 cm³/mol. The summed E-state index contributed by atoms with van der Waals surface area (Å²) in [7, 11) is -4.42. The van der Waals surface area contributed by atoms with Gasteiger partial charge >= 0.3 is 0 Å². The van der Waals surface area contributed by atoms with Gasteiger partial charge in [0, 0.05) is 6.42 Å². The maximum absolute atomic E-state index is 12.2. The number of carbonyl (C=O) groups is 2. The van der Waals surface area contributed by atoms with Gasteiger partial charge in [-0.2, -0.15) is 8.42 Å². The summed E-state index contributed by atoms with van der Waals surface area (Å²) in [5.74, 6) is 1.99. The Morgan fingerprint density at radius 3 is 2.39 bits per heavy atom. The largest absolute Gasteiger partial charge is 0.295 e. The molecule has 4 unspecified atom stereocenters. The first-order chi connectivity index (χ1) is 15.4. The number of fused-ring (bicyclic) bond motifs is 5. The zero-order valence-electron chi connectivity index (χ0n) is 20.6. The van der Waals surface area contributed by atoms with E-state index in [1.54, 1.807) is 0 Å². The van der Waals surface area contributed by atoms with Crippen LogP contribution in [-0.2, 0) is 19.7 Å². The zero-order chi connectivity index (χ0) is 24.0. The highest BCUT2D eigenvalue weighted by Gasteiger charge is 2.60. The molecular formula is C26H43NO5S. The minimum atomic E-state index is -4.42.